The van der Waals surface area contributed by atoms with Gasteiger partial charge in [-0.25, -0.2) is 8.78 Å². The van der Waals surface area contributed by atoms with Gasteiger partial charge in [-0.3, -0.25) is 4.79 Å². The first-order valence-corrected chi connectivity index (χ1v) is 9.50. The summed E-state index contributed by atoms with van der Waals surface area (Å²) >= 11 is 1.42. The van der Waals surface area contributed by atoms with E-state index in [1.165, 1.54) is 17.8 Å². The van der Waals surface area contributed by atoms with Gasteiger partial charge in [0.2, 0.25) is 5.91 Å². The van der Waals surface area contributed by atoms with Crippen molar-refractivity contribution in [3.8, 4) is 5.75 Å². The fourth-order valence-corrected chi connectivity index (χ4v) is 3.13. The average molecular weight is 379 g/mol. The Morgan fingerprint density at radius 2 is 1.88 bits per heavy atom. The third-order valence-electron chi connectivity index (χ3n) is 3.84. The van der Waals surface area contributed by atoms with E-state index >= 15 is 0 Å². The molecule has 2 aromatic carbocycles. The number of carbonyl (C=O) groups is 1. The lowest BCUT2D eigenvalue weighted by Crippen LogP contribution is -2.24. The Hall–Kier alpha value is -2.08. The van der Waals surface area contributed by atoms with Crippen LogP contribution in [-0.4, -0.2) is 23.5 Å². The number of hydrogen-bond acceptors (Lipinski definition) is 3. The molecule has 1 amide bonds. The van der Waals surface area contributed by atoms with Crippen LogP contribution in [0.5, 0.6) is 5.75 Å². The van der Waals surface area contributed by atoms with E-state index in [-0.39, 0.29) is 0 Å². The third-order valence-corrected chi connectivity index (χ3v) is 5.08. The number of rotatable bonds is 8. The molecule has 3 nitrogen and oxygen atoms in total. The van der Waals surface area contributed by atoms with Gasteiger partial charge in [-0.05, 0) is 62.3 Å². The van der Waals surface area contributed by atoms with Gasteiger partial charge in [0.25, 0.3) is 0 Å². The molecule has 0 bridgehead atoms. The number of halogens is 2. The molecule has 26 heavy (non-hydrogen) atoms. The molecular formula is C20H23F2NO2S. The van der Waals surface area contributed by atoms with Gasteiger partial charge in [0.1, 0.15) is 23.1 Å². The zero-order valence-corrected chi connectivity index (χ0v) is 16.0. The first-order valence-electron chi connectivity index (χ1n) is 8.45. The van der Waals surface area contributed by atoms with E-state index in [1.54, 1.807) is 6.92 Å². The summed E-state index contributed by atoms with van der Waals surface area (Å²) in [6.45, 7) is 6.27. The lowest BCUT2D eigenvalue weighted by Gasteiger charge is -2.13. The van der Waals surface area contributed by atoms with Crippen molar-refractivity contribution in [3.05, 3.63) is 59.2 Å². The van der Waals surface area contributed by atoms with Crippen LogP contribution in [0.3, 0.4) is 0 Å². The number of para-hydroxylation sites is 1. The van der Waals surface area contributed by atoms with E-state index in [9.17, 15) is 13.6 Å². The van der Waals surface area contributed by atoms with Crippen LogP contribution in [0.4, 0.5) is 14.5 Å². The summed E-state index contributed by atoms with van der Waals surface area (Å²) in [6, 6.07) is 9.54. The highest BCUT2D eigenvalue weighted by Gasteiger charge is 2.17. The Morgan fingerprint density at radius 1 is 1.19 bits per heavy atom. The van der Waals surface area contributed by atoms with Crippen LogP contribution in [0.25, 0.3) is 0 Å². The molecule has 0 radical (unpaired) electrons. The second-order valence-electron chi connectivity index (χ2n) is 6.07. The van der Waals surface area contributed by atoms with E-state index < -0.39 is 28.5 Å². The molecule has 0 fully saturated rings. The normalized spacial score (nSPS) is 11.9. The molecule has 0 saturated carbocycles. The van der Waals surface area contributed by atoms with Crippen LogP contribution in [0.15, 0.2) is 36.4 Å². The largest absolute Gasteiger partial charge is 0.493 e. The van der Waals surface area contributed by atoms with Gasteiger partial charge >= 0.3 is 0 Å². The van der Waals surface area contributed by atoms with E-state index in [4.69, 9.17) is 4.74 Å². The van der Waals surface area contributed by atoms with Gasteiger partial charge < -0.3 is 10.1 Å². The predicted octanol–water partition coefficient (Wildman–Crippen LogP) is 5.11. The van der Waals surface area contributed by atoms with Crippen LogP contribution in [-0.2, 0) is 4.79 Å². The van der Waals surface area contributed by atoms with Gasteiger partial charge in [0.15, 0.2) is 0 Å². The minimum atomic E-state index is -0.780. The van der Waals surface area contributed by atoms with Crippen molar-refractivity contribution in [3.63, 3.8) is 0 Å². The molecule has 0 saturated heterocycles. The minimum absolute atomic E-state index is 0.400. The van der Waals surface area contributed by atoms with Gasteiger partial charge in [-0.15, -0.1) is 11.8 Å². The van der Waals surface area contributed by atoms with Crippen molar-refractivity contribution in [2.45, 2.75) is 32.4 Å². The molecular weight excluding hydrogens is 356 g/mol. The smallest absolute Gasteiger partial charge is 0.237 e. The predicted molar refractivity (Wildman–Crippen MR) is 103 cm³/mol. The molecule has 0 aliphatic heterocycles. The Balaban J connectivity index is 1.73. The molecule has 2 aromatic rings. The summed E-state index contributed by atoms with van der Waals surface area (Å²) in [7, 11) is 0. The van der Waals surface area contributed by atoms with Gasteiger partial charge in [0, 0.05) is 0 Å². The number of amides is 1. The Bertz CT molecular complexity index is 747. The lowest BCUT2D eigenvalue weighted by atomic mass is 10.1. The Labute approximate surface area is 157 Å². The number of anilines is 1. The topological polar surface area (TPSA) is 38.3 Å². The highest BCUT2D eigenvalue weighted by atomic mass is 32.2. The summed E-state index contributed by atoms with van der Waals surface area (Å²) in [4.78, 5) is 12.1. The number of hydrogen-bond donors (Lipinski definition) is 1. The van der Waals surface area contributed by atoms with Crippen LogP contribution < -0.4 is 10.1 Å². The SMILES string of the molecule is Cc1ccc(C)c(OCCCSC(C)C(=O)Nc2c(F)cccc2F)c1. The highest BCUT2D eigenvalue weighted by Crippen LogP contribution is 2.22. The molecule has 2 rings (SSSR count). The fraction of sp³-hybridized carbons (Fsp3) is 0.350. The van der Waals surface area contributed by atoms with Crippen LogP contribution >= 0.6 is 11.8 Å². The lowest BCUT2D eigenvalue weighted by molar-refractivity contribution is -0.115. The summed E-state index contributed by atoms with van der Waals surface area (Å²) in [5, 5.41) is 1.90. The van der Waals surface area contributed by atoms with E-state index in [2.05, 4.69) is 5.32 Å². The molecule has 1 N–H and O–H groups in total. The first kappa shape index (κ1) is 20.2. The third kappa shape index (κ3) is 5.73. The minimum Gasteiger partial charge on any atom is -0.493 e. The summed E-state index contributed by atoms with van der Waals surface area (Å²) in [6.07, 6.45) is 0.768. The van der Waals surface area contributed by atoms with Gasteiger partial charge in [-0.2, -0.15) is 0 Å². The maximum Gasteiger partial charge on any atom is 0.237 e. The molecule has 140 valence electrons. The fourth-order valence-electron chi connectivity index (χ4n) is 2.28. The van der Waals surface area contributed by atoms with Crippen molar-refractivity contribution in [2.75, 3.05) is 17.7 Å². The number of benzene rings is 2. The van der Waals surface area contributed by atoms with Crippen molar-refractivity contribution in [1.82, 2.24) is 0 Å². The zero-order chi connectivity index (χ0) is 19.1. The summed E-state index contributed by atoms with van der Waals surface area (Å²) in [5.74, 6) is -0.403. The van der Waals surface area contributed by atoms with Crippen molar-refractivity contribution in [1.29, 1.82) is 0 Å². The number of ether oxygens (including phenoxy) is 1. The number of aryl methyl sites for hydroxylation is 2. The quantitative estimate of drug-likeness (QED) is 0.648. The van der Waals surface area contributed by atoms with Crippen LogP contribution in [0.2, 0.25) is 0 Å². The van der Waals surface area contributed by atoms with Crippen molar-refractivity contribution in [2.24, 2.45) is 0 Å². The van der Waals surface area contributed by atoms with Crippen LogP contribution in [0, 0.1) is 25.5 Å². The second kappa shape index (κ2) is 9.57. The molecule has 0 heterocycles. The molecule has 0 aromatic heterocycles. The van der Waals surface area contributed by atoms with E-state index in [0.29, 0.717) is 12.4 Å². The van der Waals surface area contributed by atoms with E-state index in [0.717, 1.165) is 35.4 Å². The number of carbonyl (C=O) groups excluding carboxylic acids is 1. The molecule has 0 aliphatic rings. The standard InChI is InChI=1S/C20H23F2NO2S/c1-13-8-9-14(2)18(12-13)25-10-5-11-26-15(3)20(24)23-19-16(21)6-4-7-17(19)22/h4,6-9,12,15H,5,10-11H2,1-3H3,(H,23,24). The highest BCUT2D eigenvalue weighted by molar-refractivity contribution is 8.00. The second-order valence-corrected chi connectivity index (χ2v) is 7.52. The van der Waals surface area contributed by atoms with Gasteiger partial charge in [-0.1, -0.05) is 18.2 Å². The zero-order valence-electron chi connectivity index (χ0n) is 15.1. The molecule has 6 heteroatoms. The first-order chi connectivity index (χ1) is 12.4. The molecule has 0 spiro atoms. The average Bonchev–Trinajstić information content (AvgIpc) is 2.60. The molecule has 0 aliphatic carbocycles. The van der Waals surface area contributed by atoms with Crippen LogP contribution in [0.1, 0.15) is 24.5 Å². The number of nitrogens with one attached hydrogen (secondary N) is 1. The summed E-state index contributed by atoms with van der Waals surface area (Å²) < 4.78 is 32.9. The maximum atomic E-state index is 13.6. The van der Waals surface area contributed by atoms with Crippen molar-refractivity contribution < 1.29 is 18.3 Å². The molecule has 1 atom stereocenters. The number of thioether (sulfide) groups is 1. The Morgan fingerprint density at radius 3 is 2.58 bits per heavy atom. The molecule has 1 unspecified atom stereocenters. The maximum absolute atomic E-state index is 13.6. The Kier molecular flexibility index (Phi) is 7.45. The van der Waals surface area contributed by atoms with Crippen molar-refractivity contribution >= 4 is 23.4 Å². The van der Waals surface area contributed by atoms with Gasteiger partial charge in [0.05, 0.1) is 11.9 Å². The van der Waals surface area contributed by atoms with E-state index in [1.807, 2.05) is 32.0 Å². The monoisotopic (exact) mass is 379 g/mol. The summed E-state index contributed by atoms with van der Waals surface area (Å²) in [5.41, 5.74) is 1.83.